The number of hydrogen-bond donors (Lipinski definition) is 0. The van der Waals surface area contributed by atoms with Gasteiger partial charge in [0.05, 0.1) is 17.5 Å². The lowest BCUT2D eigenvalue weighted by atomic mass is 9.55. The molecule has 3 aliphatic carbocycles. The summed E-state index contributed by atoms with van der Waals surface area (Å²) in [5, 5.41) is -0.571. The van der Waals surface area contributed by atoms with E-state index in [0.29, 0.717) is 11.3 Å². The van der Waals surface area contributed by atoms with Crippen LogP contribution in [0.4, 0.5) is 5.69 Å². The van der Waals surface area contributed by atoms with Gasteiger partial charge in [0.15, 0.2) is 0 Å². The van der Waals surface area contributed by atoms with Crippen molar-refractivity contribution in [1.82, 2.24) is 0 Å². The molecule has 3 aromatic rings. The Balaban J connectivity index is 1.51. The molecule has 146 valence electrons. The fraction of sp³-hybridized carbons (Fsp3) is 0.160. The highest BCUT2D eigenvalue weighted by Gasteiger charge is 2.61. The third-order valence-corrected chi connectivity index (χ3v) is 7.02. The van der Waals surface area contributed by atoms with Crippen LogP contribution >= 0.6 is 11.6 Å². The summed E-state index contributed by atoms with van der Waals surface area (Å²) in [5.74, 6) is -1.43. The van der Waals surface area contributed by atoms with E-state index in [1.54, 1.807) is 24.3 Å². The van der Waals surface area contributed by atoms with E-state index in [1.807, 2.05) is 24.3 Å². The molecular formula is C25H16ClNO3. The molecule has 1 heterocycles. The molecule has 4 aliphatic rings. The van der Waals surface area contributed by atoms with E-state index in [2.05, 4.69) is 24.3 Å². The molecule has 4 nitrogen and oxygen atoms in total. The maximum atomic E-state index is 13.6. The van der Waals surface area contributed by atoms with Gasteiger partial charge in [-0.2, -0.15) is 0 Å². The summed E-state index contributed by atoms with van der Waals surface area (Å²) in [6.07, 6.45) is 0. The van der Waals surface area contributed by atoms with Crippen LogP contribution in [0, 0.1) is 11.8 Å². The summed E-state index contributed by atoms with van der Waals surface area (Å²) >= 11 is 5.54. The Labute approximate surface area is 178 Å². The van der Waals surface area contributed by atoms with E-state index in [1.165, 1.54) is 4.90 Å². The molecule has 5 heteroatoms. The van der Waals surface area contributed by atoms with Gasteiger partial charge < -0.3 is 0 Å². The number of amides is 2. The Bertz CT molecular complexity index is 1130. The molecule has 1 fully saturated rings. The van der Waals surface area contributed by atoms with Gasteiger partial charge in [-0.15, -0.1) is 0 Å². The Morgan fingerprint density at radius 1 is 0.667 bits per heavy atom. The first kappa shape index (κ1) is 17.6. The predicted molar refractivity (Wildman–Crippen MR) is 113 cm³/mol. The summed E-state index contributed by atoms with van der Waals surface area (Å²) in [7, 11) is 0. The van der Waals surface area contributed by atoms with Gasteiger partial charge in [0.25, 0.3) is 5.24 Å². The second-order valence-electron chi connectivity index (χ2n) is 8.10. The number of carbonyl (C=O) groups is 3. The summed E-state index contributed by atoms with van der Waals surface area (Å²) < 4.78 is 0. The molecular weight excluding hydrogens is 398 g/mol. The van der Waals surface area contributed by atoms with Gasteiger partial charge in [-0.25, -0.2) is 4.90 Å². The zero-order valence-corrected chi connectivity index (χ0v) is 16.5. The van der Waals surface area contributed by atoms with E-state index >= 15 is 0 Å². The number of carbonyl (C=O) groups excluding carboxylic acids is 3. The molecule has 7 rings (SSSR count). The SMILES string of the molecule is O=C(Cl)c1ccc(N2C(=O)[C@H]3C4c5ccccc5C(c5ccccc54)[C@@H]3C2=O)cc1. The van der Waals surface area contributed by atoms with E-state index in [-0.39, 0.29) is 23.7 Å². The van der Waals surface area contributed by atoms with Crippen LogP contribution in [0.5, 0.6) is 0 Å². The highest BCUT2D eigenvalue weighted by Crippen LogP contribution is 2.61. The van der Waals surface area contributed by atoms with Gasteiger partial charge in [-0.05, 0) is 58.1 Å². The topological polar surface area (TPSA) is 54.5 Å². The quantitative estimate of drug-likeness (QED) is 0.460. The van der Waals surface area contributed by atoms with Crippen LogP contribution < -0.4 is 4.90 Å². The van der Waals surface area contributed by atoms with E-state index < -0.39 is 17.1 Å². The molecule has 1 saturated heterocycles. The van der Waals surface area contributed by atoms with Crippen molar-refractivity contribution in [2.24, 2.45) is 11.8 Å². The van der Waals surface area contributed by atoms with Crippen LogP contribution in [0.3, 0.4) is 0 Å². The number of halogens is 1. The fourth-order valence-corrected chi connectivity index (χ4v) is 5.80. The maximum absolute atomic E-state index is 13.6. The van der Waals surface area contributed by atoms with Crippen molar-refractivity contribution in [3.05, 3.63) is 101 Å². The molecule has 2 atom stereocenters. The van der Waals surface area contributed by atoms with Crippen LogP contribution in [-0.2, 0) is 9.59 Å². The third-order valence-electron chi connectivity index (χ3n) is 6.80. The first-order valence-electron chi connectivity index (χ1n) is 9.93. The van der Waals surface area contributed by atoms with Crippen molar-refractivity contribution in [3.8, 4) is 0 Å². The molecule has 0 spiro atoms. The summed E-state index contributed by atoms with van der Waals surface area (Å²) in [5.41, 5.74) is 5.40. The number of benzene rings is 3. The fourth-order valence-electron chi connectivity index (χ4n) is 5.67. The number of nitrogens with zero attached hydrogens (tertiary/aromatic N) is 1. The number of hydrogen-bond acceptors (Lipinski definition) is 3. The summed E-state index contributed by atoms with van der Waals surface area (Å²) in [6.45, 7) is 0. The second-order valence-corrected chi connectivity index (χ2v) is 8.44. The van der Waals surface area contributed by atoms with E-state index in [4.69, 9.17) is 11.6 Å². The molecule has 2 amide bonds. The van der Waals surface area contributed by atoms with Gasteiger partial charge in [0.2, 0.25) is 11.8 Å². The van der Waals surface area contributed by atoms with Crippen molar-refractivity contribution in [2.45, 2.75) is 11.8 Å². The highest BCUT2D eigenvalue weighted by molar-refractivity contribution is 6.67. The lowest BCUT2D eigenvalue weighted by molar-refractivity contribution is -0.122. The average Bonchev–Trinajstić information content (AvgIpc) is 3.04. The van der Waals surface area contributed by atoms with E-state index in [9.17, 15) is 14.4 Å². The van der Waals surface area contributed by atoms with Crippen LogP contribution in [0.15, 0.2) is 72.8 Å². The summed E-state index contributed by atoms with van der Waals surface area (Å²) in [4.78, 5) is 39.9. The lowest BCUT2D eigenvalue weighted by Crippen LogP contribution is -2.41. The van der Waals surface area contributed by atoms with Gasteiger partial charge in [0.1, 0.15) is 0 Å². The smallest absolute Gasteiger partial charge is 0.252 e. The third kappa shape index (κ3) is 2.14. The van der Waals surface area contributed by atoms with Gasteiger partial charge in [0, 0.05) is 17.4 Å². The molecule has 30 heavy (non-hydrogen) atoms. The van der Waals surface area contributed by atoms with Crippen molar-refractivity contribution in [1.29, 1.82) is 0 Å². The molecule has 0 aromatic heterocycles. The monoisotopic (exact) mass is 413 g/mol. The van der Waals surface area contributed by atoms with Gasteiger partial charge in [-0.1, -0.05) is 48.5 Å². The Kier molecular flexibility index (Phi) is 3.60. The minimum atomic E-state index is -0.571. The molecule has 0 unspecified atom stereocenters. The zero-order chi connectivity index (χ0) is 20.6. The molecule has 0 saturated carbocycles. The number of imide groups is 1. The van der Waals surface area contributed by atoms with Gasteiger partial charge >= 0.3 is 0 Å². The maximum Gasteiger partial charge on any atom is 0.252 e. The van der Waals surface area contributed by atoms with Gasteiger partial charge in [-0.3, -0.25) is 14.4 Å². The minimum absolute atomic E-state index is 0.127. The molecule has 0 radical (unpaired) electrons. The number of anilines is 1. The lowest BCUT2D eigenvalue weighted by Gasteiger charge is -2.45. The average molecular weight is 414 g/mol. The van der Waals surface area contributed by atoms with E-state index in [0.717, 1.165) is 22.3 Å². The highest BCUT2D eigenvalue weighted by atomic mass is 35.5. The van der Waals surface area contributed by atoms with Crippen molar-refractivity contribution in [3.63, 3.8) is 0 Å². The Morgan fingerprint density at radius 2 is 1.07 bits per heavy atom. The van der Waals surface area contributed by atoms with Crippen molar-refractivity contribution >= 4 is 34.3 Å². The molecule has 1 aliphatic heterocycles. The van der Waals surface area contributed by atoms with Crippen molar-refractivity contribution in [2.75, 3.05) is 4.90 Å². The first-order chi connectivity index (χ1) is 14.6. The van der Waals surface area contributed by atoms with Crippen LogP contribution in [0.1, 0.15) is 44.4 Å². The van der Waals surface area contributed by atoms with Crippen LogP contribution in [0.2, 0.25) is 0 Å². The predicted octanol–water partition coefficient (Wildman–Crippen LogP) is 4.46. The Morgan fingerprint density at radius 3 is 1.43 bits per heavy atom. The first-order valence-corrected chi connectivity index (χ1v) is 10.3. The molecule has 0 N–H and O–H groups in total. The zero-order valence-electron chi connectivity index (χ0n) is 15.8. The summed E-state index contributed by atoms with van der Waals surface area (Å²) in [6, 6.07) is 22.7. The largest absolute Gasteiger partial charge is 0.276 e. The van der Waals surface area contributed by atoms with Crippen molar-refractivity contribution < 1.29 is 14.4 Å². The van der Waals surface area contributed by atoms with Crippen LogP contribution in [-0.4, -0.2) is 17.1 Å². The standard InChI is InChI=1S/C25H16ClNO3/c26-23(28)13-9-11-14(12-10-13)27-24(29)21-19-15-5-1-2-6-16(15)20(22(21)25(27)30)18-8-4-3-7-17(18)19/h1-12,19-22H/t19?,20?,21-,22-/m0/s1. The second kappa shape index (κ2) is 6.13. The number of rotatable bonds is 2. The normalized spacial score (nSPS) is 25.7. The molecule has 3 aromatic carbocycles. The minimum Gasteiger partial charge on any atom is -0.276 e. The van der Waals surface area contributed by atoms with Crippen LogP contribution in [0.25, 0.3) is 0 Å². The Hall–Kier alpha value is -3.24. The molecule has 2 bridgehead atoms.